The quantitative estimate of drug-likeness (QED) is 0.760. The van der Waals surface area contributed by atoms with Crippen molar-refractivity contribution < 1.29 is 19.0 Å². The summed E-state index contributed by atoms with van der Waals surface area (Å²) in [6.45, 7) is 2.87. The fraction of sp³-hybridized carbons (Fsp3) is 0.650. The molecule has 0 aromatic heterocycles. The molecule has 0 N–H and O–H groups in total. The number of benzene rings is 1. The maximum Gasteiger partial charge on any atom is 0.222 e. The van der Waals surface area contributed by atoms with Gasteiger partial charge < -0.3 is 19.1 Å². The molecule has 0 bridgehead atoms. The third kappa shape index (κ3) is 5.36. The van der Waals surface area contributed by atoms with Gasteiger partial charge in [-0.1, -0.05) is 6.07 Å². The van der Waals surface area contributed by atoms with Crippen LogP contribution in [0.2, 0.25) is 0 Å². The van der Waals surface area contributed by atoms with Crippen LogP contribution in [0.15, 0.2) is 18.2 Å². The number of amides is 1. The molecule has 1 aromatic carbocycles. The van der Waals surface area contributed by atoms with Gasteiger partial charge in [0.2, 0.25) is 5.91 Å². The summed E-state index contributed by atoms with van der Waals surface area (Å²) in [7, 11) is 1.90. The molecule has 1 unspecified atom stereocenters. The lowest BCUT2D eigenvalue weighted by atomic mass is 10.1. The predicted molar refractivity (Wildman–Crippen MR) is 96.2 cm³/mol. The average Bonchev–Trinajstić information content (AvgIpc) is 2.66. The van der Waals surface area contributed by atoms with E-state index in [1.165, 1.54) is 18.4 Å². The second-order valence-electron chi connectivity index (χ2n) is 6.92. The molecule has 138 valence electrons. The van der Waals surface area contributed by atoms with Crippen molar-refractivity contribution in [2.24, 2.45) is 0 Å². The highest BCUT2D eigenvalue weighted by atomic mass is 16.6. The van der Waals surface area contributed by atoms with Crippen LogP contribution >= 0.6 is 0 Å². The molecule has 5 nitrogen and oxygen atoms in total. The molecule has 3 rings (SSSR count). The van der Waals surface area contributed by atoms with Crippen molar-refractivity contribution >= 4 is 5.91 Å². The summed E-state index contributed by atoms with van der Waals surface area (Å²) in [6.07, 6.45) is 7.14. The van der Waals surface area contributed by atoms with Crippen LogP contribution in [0.1, 0.15) is 44.1 Å². The summed E-state index contributed by atoms with van der Waals surface area (Å²) < 4.78 is 16.9. The minimum absolute atomic E-state index is 0.216. The SMILES string of the molecule is CN(CCC1CCCCO1)C(=O)CCCc1ccc2c(c1)OCCO2. The monoisotopic (exact) mass is 347 g/mol. The number of ether oxygens (including phenoxy) is 3. The van der Waals surface area contributed by atoms with Gasteiger partial charge in [-0.15, -0.1) is 0 Å². The molecule has 5 heteroatoms. The van der Waals surface area contributed by atoms with E-state index in [2.05, 4.69) is 6.07 Å². The smallest absolute Gasteiger partial charge is 0.222 e. The Hall–Kier alpha value is -1.75. The van der Waals surface area contributed by atoms with Gasteiger partial charge in [0, 0.05) is 26.6 Å². The molecule has 2 aliphatic heterocycles. The fourth-order valence-electron chi connectivity index (χ4n) is 3.38. The van der Waals surface area contributed by atoms with Crippen molar-refractivity contribution in [3.05, 3.63) is 23.8 Å². The van der Waals surface area contributed by atoms with Crippen LogP contribution in [0, 0.1) is 0 Å². The van der Waals surface area contributed by atoms with Crippen molar-refractivity contribution in [2.45, 2.75) is 51.0 Å². The van der Waals surface area contributed by atoms with E-state index < -0.39 is 0 Å². The molecule has 0 radical (unpaired) electrons. The third-order valence-electron chi connectivity index (χ3n) is 4.95. The van der Waals surface area contributed by atoms with E-state index in [4.69, 9.17) is 14.2 Å². The summed E-state index contributed by atoms with van der Waals surface area (Å²) in [5, 5.41) is 0. The minimum Gasteiger partial charge on any atom is -0.486 e. The van der Waals surface area contributed by atoms with Gasteiger partial charge in [0.25, 0.3) is 0 Å². The highest BCUT2D eigenvalue weighted by molar-refractivity contribution is 5.75. The summed E-state index contributed by atoms with van der Waals surface area (Å²) in [5.74, 6) is 1.85. The van der Waals surface area contributed by atoms with E-state index in [-0.39, 0.29) is 5.91 Å². The molecule has 2 aliphatic rings. The summed E-state index contributed by atoms with van der Waals surface area (Å²) in [5.41, 5.74) is 1.19. The van der Waals surface area contributed by atoms with E-state index in [1.54, 1.807) is 0 Å². The van der Waals surface area contributed by atoms with E-state index in [0.29, 0.717) is 25.7 Å². The molecule has 0 aliphatic carbocycles. The first-order chi connectivity index (χ1) is 12.2. The molecule has 2 heterocycles. The largest absolute Gasteiger partial charge is 0.486 e. The number of fused-ring (bicyclic) bond motifs is 1. The van der Waals surface area contributed by atoms with Crippen molar-refractivity contribution in [3.8, 4) is 11.5 Å². The van der Waals surface area contributed by atoms with Crippen molar-refractivity contribution in [3.63, 3.8) is 0 Å². The highest BCUT2D eigenvalue weighted by Crippen LogP contribution is 2.31. The van der Waals surface area contributed by atoms with Gasteiger partial charge in [-0.25, -0.2) is 0 Å². The van der Waals surface area contributed by atoms with Crippen LogP contribution in [-0.4, -0.2) is 50.3 Å². The molecule has 0 spiro atoms. The molecule has 25 heavy (non-hydrogen) atoms. The Labute approximate surface area is 150 Å². The minimum atomic E-state index is 0.216. The first kappa shape index (κ1) is 18.1. The van der Waals surface area contributed by atoms with Gasteiger partial charge in [0.1, 0.15) is 13.2 Å². The zero-order valence-corrected chi connectivity index (χ0v) is 15.2. The number of hydrogen-bond acceptors (Lipinski definition) is 4. The van der Waals surface area contributed by atoms with E-state index >= 15 is 0 Å². The maximum atomic E-state index is 12.3. The van der Waals surface area contributed by atoms with Gasteiger partial charge in [0.05, 0.1) is 6.10 Å². The van der Waals surface area contributed by atoms with Gasteiger partial charge in [-0.3, -0.25) is 4.79 Å². The second kappa shape index (κ2) is 9.09. The summed E-state index contributed by atoms with van der Waals surface area (Å²) >= 11 is 0. The van der Waals surface area contributed by atoms with Crippen LogP contribution in [-0.2, 0) is 16.0 Å². The van der Waals surface area contributed by atoms with E-state index in [9.17, 15) is 4.79 Å². The van der Waals surface area contributed by atoms with E-state index in [1.807, 2.05) is 24.1 Å². The average molecular weight is 347 g/mol. The summed E-state index contributed by atoms with van der Waals surface area (Å²) in [6, 6.07) is 6.05. The van der Waals surface area contributed by atoms with Gasteiger partial charge in [-0.2, -0.15) is 0 Å². The number of carbonyl (C=O) groups excluding carboxylic acids is 1. The fourth-order valence-corrected chi connectivity index (χ4v) is 3.38. The molecule has 0 saturated carbocycles. The van der Waals surface area contributed by atoms with Crippen LogP contribution in [0.5, 0.6) is 11.5 Å². The van der Waals surface area contributed by atoms with Gasteiger partial charge in [0.15, 0.2) is 11.5 Å². The van der Waals surface area contributed by atoms with Gasteiger partial charge in [-0.05, 0) is 56.2 Å². The Kier molecular flexibility index (Phi) is 6.56. The summed E-state index contributed by atoms with van der Waals surface area (Å²) in [4.78, 5) is 14.1. The standard InChI is InChI=1S/C20H29NO4/c1-21(11-10-17-6-2-3-12-23-17)20(22)7-4-5-16-8-9-18-19(15-16)25-14-13-24-18/h8-9,15,17H,2-7,10-14H2,1H3. The second-order valence-corrected chi connectivity index (χ2v) is 6.92. The number of rotatable bonds is 7. The highest BCUT2D eigenvalue weighted by Gasteiger charge is 2.16. The normalized spacial score (nSPS) is 19.5. The lowest BCUT2D eigenvalue weighted by Gasteiger charge is -2.25. The van der Waals surface area contributed by atoms with Crippen LogP contribution < -0.4 is 9.47 Å². The molecule has 1 atom stereocenters. The Morgan fingerprint density at radius 2 is 2.00 bits per heavy atom. The topological polar surface area (TPSA) is 48.0 Å². The van der Waals surface area contributed by atoms with Crippen molar-refractivity contribution in [1.82, 2.24) is 4.90 Å². The van der Waals surface area contributed by atoms with Crippen LogP contribution in [0.3, 0.4) is 0 Å². The Morgan fingerprint density at radius 1 is 1.16 bits per heavy atom. The van der Waals surface area contributed by atoms with E-state index in [0.717, 1.165) is 50.3 Å². The number of carbonyl (C=O) groups is 1. The number of hydrogen-bond donors (Lipinski definition) is 0. The molecular weight excluding hydrogens is 318 g/mol. The lowest BCUT2D eigenvalue weighted by Crippen LogP contribution is -2.31. The zero-order chi connectivity index (χ0) is 17.5. The lowest BCUT2D eigenvalue weighted by molar-refractivity contribution is -0.130. The molecule has 1 saturated heterocycles. The number of nitrogens with zero attached hydrogens (tertiary/aromatic N) is 1. The predicted octanol–water partition coefficient (Wildman–Crippen LogP) is 3.20. The maximum absolute atomic E-state index is 12.3. The molecule has 1 amide bonds. The third-order valence-corrected chi connectivity index (χ3v) is 4.95. The zero-order valence-electron chi connectivity index (χ0n) is 15.2. The molecule has 1 fully saturated rings. The van der Waals surface area contributed by atoms with Crippen molar-refractivity contribution in [2.75, 3.05) is 33.4 Å². The van der Waals surface area contributed by atoms with Crippen molar-refractivity contribution in [1.29, 1.82) is 0 Å². The molecular formula is C20H29NO4. The molecule has 1 aromatic rings. The Balaban J connectivity index is 1.36. The number of aryl methyl sites for hydroxylation is 1. The van der Waals surface area contributed by atoms with Gasteiger partial charge >= 0.3 is 0 Å². The van der Waals surface area contributed by atoms with Crippen LogP contribution in [0.4, 0.5) is 0 Å². The first-order valence-corrected chi connectivity index (χ1v) is 9.46. The Morgan fingerprint density at radius 3 is 2.80 bits per heavy atom. The Bertz CT molecular complexity index is 569. The van der Waals surface area contributed by atoms with Crippen LogP contribution in [0.25, 0.3) is 0 Å². The first-order valence-electron chi connectivity index (χ1n) is 9.46.